The predicted molar refractivity (Wildman–Crippen MR) is 107 cm³/mol. The van der Waals surface area contributed by atoms with Gasteiger partial charge >= 0.3 is 0 Å². The molecular weight excluding hydrogens is 338 g/mol. The summed E-state index contributed by atoms with van der Waals surface area (Å²) in [6.07, 6.45) is 2.58. The third kappa shape index (κ3) is 4.26. The van der Waals surface area contributed by atoms with Crippen molar-refractivity contribution in [2.45, 2.75) is 58.6 Å². The molecule has 0 aliphatic carbocycles. The quantitative estimate of drug-likeness (QED) is 0.791. The average Bonchev–Trinajstić information content (AvgIpc) is 2.68. The van der Waals surface area contributed by atoms with Crippen LogP contribution in [-0.4, -0.2) is 18.1 Å². The van der Waals surface area contributed by atoms with Crippen molar-refractivity contribution in [3.63, 3.8) is 0 Å². The lowest BCUT2D eigenvalue weighted by molar-refractivity contribution is -0.124. The highest BCUT2D eigenvalue weighted by Gasteiger charge is 2.38. The van der Waals surface area contributed by atoms with Crippen molar-refractivity contribution in [3.05, 3.63) is 59.2 Å². The highest BCUT2D eigenvalue weighted by atomic mass is 16.5. The average molecular weight is 367 g/mol. The van der Waals surface area contributed by atoms with E-state index in [1.807, 2.05) is 49.4 Å². The van der Waals surface area contributed by atoms with Gasteiger partial charge in [-0.25, -0.2) is 0 Å². The monoisotopic (exact) mass is 367 g/mol. The highest BCUT2D eigenvalue weighted by Crippen LogP contribution is 2.42. The maximum Gasteiger partial charge on any atom is 0.258 e. The van der Waals surface area contributed by atoms with Crippen LogP contribution in [0, 0.1) is 13.8 Å². The number of carbonyl (C=O) groups is 1. The lowest BCUT2D eigenvalue weighted by Crippen LogP contribution is -2.45. The highest BCUT2D eigenvalue weighted by molar-refractivity contribution is 5.78. The van der Waals surface area contributed by atoms with Crippen molar-refractivity contribution < 1.29 is 14.3 Å². The fourth-order valence-corrected chi connectivity index (χ4v) is 3.62. The Balaban J connectivity index is 1.69. The Bertz CT molecular complexity index is 811. The van der Waals surface area contributed by atoms with Crippen molar-refractivity contribution >= 4 is 5.91 Å². The van der Waals surface area contributed by atoms with Crippen LogP contribution in [0.3, 0.4) is 0 Å². The van der Waals surface area contributed by atoms with Crippen LogP contribution in [-0.2, 0) is 4.79 Å². The first-order chi connectivity index (χ1) is 13.0. The van der Waals surface area contributed by atoms with E-state index >= 15 is 0 Å². The summed E-state index contributed by atoms with van der Waals surface area (Å²) in [4.78, 5) is 12.6. The van der Waals surface area contributed by atoms with Crippen LogP contribution in [0.1, 0.15) is 55.8 Å². The van der Waals surface area contributed by atoms with E-state index < -0.39 is 0 Å². The van der Waals surface area contributed by atoms with Crippen LogP contribution in [0.5, 0.6) is 11.5 Å². The molecule has 1 aliphatic heterocycles. The van der Waals surface area contributed by atoms with Gasteiger partial charge in [0.1, 0.15) is 17.1 Å². The zero-order valence-electron chi connectivity index (χ0n) is 16.7. The fraction of sp³-hybridized carbons (Fsp3) is 0.435. The largest absolute Gasteiger partial charge is 0.487 e. The van der Waals surface area contributed by atoms with E-state index in [9.17, 15) is 4.79 Å². The van der Waals surface area contributed by atoms with E-state index in [1.165, 1.54) is 5.56 Å². The van der Waals surface area contributed by atoms with Crippen LogP contribution in [0.15, 0.2) is 42.5 Å². The van der Waals surface area contributed by atoms with Crippen LogP contribution in [0.2, 0.25) is 0 Å². The molecule has 0 unspecified atom stereocenters. The molecule has 4 heteroatoms. The summed E-state index contributed by atoms with van der Waals surface area (Å²) in [7, 11) is 0. The summed E-state index contributed by atoms with van der Waals surface area (Å²) in [5.41, 5.74) is 3.17. The predicted octanol–water partition coefficient (Wildman–Crippen LogP) is 4.88. The van der Waals surface area contributed by atoms with E-state index in [2.05, 4.69) is 26.1 Å². The number of nitrogens with one attached hydrogen (secondary N) is 1. The molecule has 27 heavy (non-hydrogen) atoms. The van der Waals surface area contributed by atoms with Gasteiger partial charge in [0.05, 0.1) is 6.04 Å². The Kier molecular flexibility index (Phi) is 5.73. The number of fused-ring (bicyclic) bond motifs is 1. The summed E-state index contributed by atoms with van der Waals surface area (Å²) in [6, 6.07) is 13.8. The van der Waals surface area contributed by atoms with Gasteiger partial charge < -0.3 is 14.8 Å². The van der Waals surface area contributed by atoms with Gasteiger partial charge in [0, 0.05) is 12.0 Å². The Morgan fingerprint density at radius 1 is 1.15 bits per heavy atom. The number of amides is 1. The molecule has 2 aromatic carbocycles. The molecule has 0 radical (unpaired) electrons. The molecule has 0 aromatic heterocycles. The van der Waals surface area contributed by atoms with Gasteiger partial charge in [-0.1, -0.05) is 38.1 Å². The van der Waals surface area contributed by atoms with Crippen LogP contribution >= 0.6 is 0 Å². The Hall–Kier alpha value is -2.49. The van der Waals surface area contributed by atoms with E-state index in [0.717, 1.165) is 41.9 Å². The SMILES string of the molecule is CCC1(CC)C[C@H](NC(=O)COc2ccc(C)c(C)c2)c2ccccc2O1. The molecule has 3 rings (SSSR count). The van der Waals surface area contributed by atoms with Gasteiger partial charge in [0.15, 0.2) is 6.61 Å². The number of hydrogen-bond donors (Lipinski definition) is 1. The van der Waals surface area contributed by atoms with E-state index in [4.69, 9.17) is 9.47 Å². The van der Waals surface area contributed by atoms with E-state index in [1.54, 1.807) is 0 Å². The number of benzene rings is 2. The lowest BCUT2D eigenvalue weighted by Gasteiger charge is -2.41. The van der Waals surface area contributed by atoms with Gasteiger partial charge in [-0.2, -0.15) is 0 Å². The minimum absolute atomic E-state index is 0.00722. The molecule has 1 amide bonds. The van der Waals surface area contributed by atoms with Gasteiger partial charge in [-0.15, -0.1) is 0 Å². The van der Waals surface area contributed by atoms with Crippen LogP contribution in [0.4, 0.5) is 0 Å². The van der Waals surface area contributed by atoms with Crippen molar-refractivity contribution in [2.24, 2.45) is 0 Å². The molecule has 1 atom stereocenters. The summed E-state index contributed by atoms with van der Waals surface area (Å²) < 4.78 is 12.0. The normalized spacial score (nSPS) is 17.6. The number of hydrogen-bond acceptors (Lipinski definition) is 3. The molecule has 0 fully saturated rings. The number of para-hydroxylation sites is 1. The summed E-state index contributed by atoms with van der Waals surface area (Å²) in [5.74, 6) is 1.47. The second-order valence-corrected chi connectivity index (χ2v) is 7.39. The first-order valence-electron chi connectivity index (χ1n) is 9.73. The minimum Gasteiger partial charge on any atom is -0.487 e. The van der Waals surface area contributed by atoms with Gasteiger partial charge in [0.25, 0.3) is 5.91 Å². The molecule has 1 heterocycles. The van der Waals surface area contributed by atoms with E-state index in [0.29, 0.717) is 0 Å². The molecule has 4 nitrogen and oxygen atoms in total. The molecule has 0 spiro atoms. The fourth-order valence-electron chi connectivity index (χ4n) is 3.62. The van der Waals surface area contributed by atoms with Crippen molar-refractivity contribution in [3.8, 4) is 11.5 Å². The molecule has 1 aliphatic rings. The topological polar surface area (TPSA) is 47.6 Å². The Morgan fingerprint density at radius 2 is 1.89 bits per heavy atom. The second kappa shape index (κ2) is 8.03. The van der Waals surface area contributed by atoms with Crippen LogP contribution < -0.4 is 14.8 Å². The first kappa shape index (κ1) is 19.3. The molecular formula is C23H29NO3. The molecule has 144 valence electrons. The number of rotatable bonds is 6. The van der Waals surface area contributed by atoms with Gasteiger partial charge in [0.2, 0.25) is 0 Å². The third-order valence-electron chi connectivity index (χ3n) is 5.67. The van der Waals surface area contributed by atoms with Gasteiger partial charge in [-0.05, 0) is 56.0 Å². The molecule has 0 bridgehead atoms. The number of carbonyl (C=O) groups excluding carboxylic acids is 1. The Morgan fingerprint density at radius 3 is 2.59 bits per heavy atom. The smallest absolute Gasteiger partial charge is 0.258 e. The Labute approximate surface area is 161 Å². The summed E-state index contributed by atoms with van der Waals surface area (Å²) in [5, 5.41) is 3.15. The molecule has 2 aromatic rings. The first-order valence-corrected chi connectivity index (χ1v) is 9.73. The number of ether oxygens (including phenoxy) is 2. The zero-order chi connectivity index (χ0) is 19.4. The summed E-state index contributed by atoms with van der Waals surface area (Å²) in [6.45, 7) is 8.38. The zero-order valence-corrected chi connectivity index (χ0v) is 16.7. The van der Waals surface area contributed by atoms with Crippen molar-refractivity contribution in [1.29, 1.82) is 0 Å². The van der Waals surface area contributed by atoms with Crippen molar-refractivity contribution in [2.75, 3.05) is 6.61 Å². The standard InChI is InChI=1S/C23H29NO3/c1-5-23(6-2)14-20(19-9-7-8-10-21(19)27-23)24-22(25)15-26-18-12-11-16(3)17(4)13-18/h7-13,20H,5-6,14-15H2,1-4H3,(H,24,25)/t20-/m0/s1. The van der Waals surface area contributed by atoms with Gasteiger partial charge in [-0.3, -0.25) is 4.79 Å². The number of aryl methyl sites for hydroxylation is 2. The molecule has 0 saturated heterocycles. The third-order valence-corrected chi connectivity index (χ3v) is 5.67. The summed E-state index contributed by atoms with van der Waals surface area (Å²) >= 11 is 0. The lowest BCUT2D eigenvalue weighted by atomic mass is 9.83. The maximum atomic E-state index is 12.6. The van der Waals surface area contributed by atoms with Crippen molar-refractivity contribution in [1.82, 2.24) is 5.32 Å². The minimum atomic E-state index is -0.235. The molecule has 0 saturated carbocycles. The second-order valence-electron chi connectivity index (χ2n) is 7.39. The van der Waals surface area contributed by atoms with E-state index in [-0.39, 0.29) is 24.2 Å². The molecule has 1 N–H and O–H groups in total. The van der Waals surface area contributed by atoms with Crippen LogP contribution in [0.25, 0.3) is 0 Å². The maximum absolute atomic E-state index is 12.6.